The van der Waals surface area contributed by atoms with Crippen molar-refractivity contribution in [2.45, 2.75) is 12.5 Å². The molecule has 0 aromatic heterocycles. The van der Waals surface area contributed by atoms with Crippen molar-refractivity contribution in [3.8, 4) is 0 Å². The third-order valence-electron chi connectivity index (χ3n) is 0.825. The normalized spacial score (nSPS) is 15.2. The van der Waals surface area contributed by atoms with Crippen molar-refractivity contribution in [1.82, 2.24) is 5.12 Å². The molecule has 0 amide bonds. The molecular weight excluding hydrogens is 233 g/mol. The predicted molar refractivity (Wildman–Crippen MR) is 24.3 cm³/mol. The van der Waals surface area contributed by atoms with E-state index in [-0.39, 0.29) is 0 Å². The Kier molecular flexibility index (Phi) is 3.30. The second kappa shape index (κ2) is 3.58. The van der Waals surface area contributed by atoms with Gasteiger partial charge in [-0.1, -0.05) is 9.60 Å². The fourth-order valence-corrected chi connectivity index (χ4v) is 0.314. The Balaban J connectivity index is 5.03. The van der Waals surface area contributed by atoms with Crippen LogP contribution in [0.4, 0.5) is 39.6 Å². The third kappa shape index (κ3) is 3.00. The number of hydrogen-bond acceptors (Lipinski definition) is 1. The lowest BCUT2D eigenvalue weighted by molar-refractivity contribution is -0.305. The van der Waals surface area contributed by atoms with E-state index in [9.17, 15) is 39.6 Å². The van der Waals surface area contributed by atoms with E-state index < -0.39 is 29.4 Å². The van der Waals surface area contributed by atoms with Crippen LogP contribution in [0.1, 0.15) is 0 Å². The topological polar surface area (TPSA) is 3.24 Å². The molecule has 0 fully saturated rings. The lowest BCUT2D eigenvalue weighted by atomic mass is 10.5. The first kappa shape index (κ1) is 12.9. The van der Waals surface area contributed by atoms with Gasteiger partial charge in [-0.2, -0.15) is 22.0 Å². The zero-order valence-corrected chi connectivity index (χ0v) is 5.85. The van der Waals surface area contributed by atoms with Gasteiger partial charge in [0, 0.05) is 0 Å². The summed E-state index contributed by atoms with van der Waals surface area (Å²) in [6, 6.07) is 0. The minimum atomic E-state index is -6.08. The molecular formula is C4F9N. The van der Waals surface area contributed by atoms with Crippen LogP contribution in [0.2, 0.25) is 0 Å². The first-order chi connectivity index (χ1) is 5.98. The monoisotopic (exact) mass is 233 g/mol. The second-order valence-electron chi connectivity index (χ2n) is 1.85. The van der Waals surface area contributed by atoms with Crippen LogP contribution in [0.5, 0.6) is 0 Å². The molecule has 14 heavy (non-hydrogen) atoms. The van der Waals surface area contributed by atoms with E-state index in [0.29, 0.717) is 0 Å². The highest BCUT2D eigenvalue weighted by molar-refractivity contribution is 5.03. The highest BCUT2D eigenvalue weighted by Gasteiger charge is 2.47. The Morgan fingerprint density at radius 2 is 1.21 bits per heavy atom. The van der Waals surface area contributed by atoms with Gasteiger partial charge in [0.05, 0.1) is 0 Å². The van der Waals surface area contributed by atoms with Crippen molar-refractivity contribution < 1.29 is 39.6 Å². The maximum atomic E-state index is 11.8. The molecule has 0 rings (SSSR count). The smallest absolute Gasteiger partial charge is 0.197 e. The van der Waals surface area contributed by atoms with Crippen LogP contribution in [-0.2, 0) is 0 Å². The van der Waals surface area contributed by atoms with Crippen LogP contribution >= 0.6 is 0 Å². The first-order valence-corrected chi connectivity index (χ1v) is 2.63. The Hall–Kier alpha value is -1.09. The summed E-state index contributed by atoms with van der Waals surface area (Å²) in [7, 11) is 0. The quantitative estimate of drug-likeness (QED) is 0.381. The first-order valence-electron chi connectivity index (χ1n) is 2.63. The molecule has 0 bridgehead atoms. The van der Waals surface area contributed by atoms with Gasteiger partial charge in [-0.05, 0) is 0 Å². The maximum absolute atomic E-state index is 11.8. The summed E-state index contributed by atoms with van der Waals surface area (Å²) in [5.74, 6) is -7.48. The van der Waals surface area contributed by atoms with E-state index in [0.717, 1.165) is 0 Å². The van der Waals surface area contributed by atoms with Crippen LogP contribution in [0, 0.1) is 0 Å². The van der Waals surface area contributed by atoms with Gasteiger partial charge in [0.15, 0.2) is 0 Å². The SMILES string of the molecule is F/C(=C(/F)C(F)(F)F)N(F)C(F)(F)F. The van der Waals surface area contributed by atoms with Gasteiger partial charge in [-0.25, -0.2) is 0 Å². The fraction of sp³-hybridized carbons (Fsp3) is 0.500. The summed E-state index contributed by atoms with van der Waals surface area (Å²) < 4.78 is 102. The second-order valence-corrected chi connectivity index (χ2v) is 1.85. The number of nitrogens with zero attached hydrogens (tertiary/aromatic N) is 1. The number of hydrogen-bond donors (Lipinski definition) is 0. The Bertz CT molecular complexity index is 234. The maximum Gasteiger partial charge on any atom is 0.514 e. The highest BCUT2D eigenvalue weighted by atomic mass is 19.4. The van der Waals surface area contributed by atoms with Gasteiger partial charge < -0.3 is 0 Å². The molecule has 0 aromatic rings. The zero-order valence-electron chi connectivity index (χ0n) is 5.85. The van der Waals surface area contributed by atoms with E-state index in [1.807, 2.05) is 0 Å². The van der Waals surface area contributed by atoms with Crippen LogP contribution in [0.25, 0.3) is 0 Å². The van der Waals surface area contributed by atoms with Gasteiger partial charge in [-0.3, -0.25) is 0 Å². The average molecular weight is 233 g/mol. The van der Waals surface area contributed by atoms with E-state index in [1.54, 1.807) is 0 Å². The minimum Gasteiger partial charge on any atom is -0.197 e. The standard InChI is InChI=1S/C4F9N/c5-1(3(7,8)9)2(6)14(13)4(10,11)12/b2-1-. The van der Waals surface area contributed by atoms with Crippen molar-refractivity contribution in [2.75, 3.05) is 0 Å². The lowest BCUT2D eigenvalue weighted by Crippen LogP contribution is -2.30. The minimum absolute atomic E-state index is 2.91. The summed E-state index contributed by atoms with van der Waals surface area (Å²) in [6.45, 7) is 0. The molecule has 0 spiro atoms. The summed E-state index contributed by atoms with van der Waals surface area (Å²) >= 11 is 0. The average Bonchev–Trinajstić information content (AvgIpc) is 1.97. The Labute approximate surface area is 70.3 Å². The van der Waals surface area contributed by atoms with Gasteiger partial charge in [0.25, 0.3) is 11.8 Å². The molecule has 0 saturated heterocycles. The Morgan fingerprint density at radius 3 is 1.43 bits per heavy atom. The van der Waals surface area contributed by atoms with Crippen LogP contribution in [0.15, 0.2) is 11.8 Å². The fourth-order valence-electron chi connectivity index (χ4n) is 0.314. The van der Waals surface area contributed by atoms with Gasteiger partial charge >= 0.3 is 12.5 Å². The summed E-state index contributed by atoms with van der Waals surface area (Å²) in [4.78, 5) is 0. The summed E-state index contributed by atoms with van der Waals surface area (Å²) in [5, 5.41) is -2.91. The number of allylic oxidation sites excluding steroid dienone is 1. The zero-order chi connectivity index (χ0) is 11.7. The molecule has 0 aliphatic heterocycles. The van der Waals surface area contributed by atoms with E-state index in [1.165, 1.54) is 0 Å². The Morgan fingerprint density at radius 1 is 0.857 bits per heavy atom. The number of rotatable bonds is 1. The van der Waals surface area contributed by atoms with Crippen molar-refractivity contribution in [2.24, 2.45) is 0 Å². The molecule has 0 aromatic carbocycles. The highest BCUT2D eigenvalue weighted by Crippen LogP contribution is 2.35. The van der Waals surface area contributed by atoms with E-state index in [2.05, 4.69) is 0 Å². The molecule has 0 saturated carbocycles. The van der Waals surface area contributed by atoms with Crippen molar-refractivity contribution in [3.05, 3.63) is 11.8 Å². The molecule has 0 aliphatic carbocycles. The largest absolute Gasteiger partial charge is 0.514 e. The molecule has 0 unspecified atom stereocenters. The molecule has 0 aliphatic rings. The lowest BCUT2D eigenvalue weighted by Gasteiger charge is -2.15. The van der Waals surface area contributed by atoms with Gasteiger partial charge in [0.1, 0.15) is 0 Å². The summed E-state index contributed by atoms with van der Waals surface area (Å²) in [6.07, 6.45) is -12.1. The molecule has 84 valence electrons. The molecule has 1 nitrogen and oxygen atoms in total. The van der Waals surface area contributed by atoms with Crippen molar-refractivity contribution in [3.63, 3.8) is 0 Å². The molecule has 0 radical (unpaired) electrons. The van der Waals surface area contributed by atoms with Crippen molar-refractivity contribution in [1.29, 1.82) is 0 Å². The van der Waals surface area contributed by atoms with Gasteiger partial charge in [-0.15, -0.1) is 13.2 Å². The van der Waals surface area contributed by atoms with Crippen LogP contribution in [-0.4, -0.2) is 17.6 Å². The van der Waals surface area contributed by atoms with E-state index >= 15 is 0 Å². The molecule has 0 atom stereocenters. The molecule has 0 heterocycles. The number of alkyl halides is 6. The van der Waals surface area contributed by atoms with E-state index in [4.69, 9.17) is 0 Å². The van der Waals surface area contributed by atoms with Crippen LogP contribution < -0.4 is 0 Å². The number of halogens is 9. The summed E-state index contributed by atoms with van der Waals surface area (Å²) in [5.41, 5.74) is 0. The molecule has 10 heteroatoms. The molecule has 0 N–H and O–H groups in total. The predicted octanol–water partition coefficient (Wildman–Crippen LogP) is 3.36. The third-order valence-corrected chi connectivity index (χ3v) is 0.825. The van der Waals surface area contributed by atoms with Crippen LogP contribution in [0.3, 0.4) is 0 Å². The van der Waals surface area contributed by atoms with Crippen molar-refractivity contribution >= 4 is 0 Å². The van der Waals surface area contributed by atoms with Gasteiger partial charge in [0.2, 0.25) is 0 Å².